The van der Waals surface area contributed by atoms with Crippen LogP contribution in [0.3, 0.4) is 0 Å². The summed E-state index contributed by atoms with van der Waals surface area (Å²) in [5, 5.41) is 20.5. The van der Waals surface area contributed by atoms with E-state index in [4.69, 9.17) is 14.9 Å². The molecule has 0 unspecified atom stereocenters. The second-order valence-corrected chi connectivity index (χ2v) is 3.84. The average molecular weight is 205 g/mol. The lowest BCUT2D eigenvalue weighted by Gasteiger charge is -2.09. The minimum absolute atomic E-state index is 0.193. The zero-order valence-electron chi connectivity index (χ0n) is 9.20. The first-order chi connectivity index (χ1) is 6.66. The Morgan fingerprint density at radius 1 is 1.29 bits per heavy atom. The van der Waals surface area contributed by atoms with Crippen LogP contribution >= 0.6 is 0 Å². The van der Waals surface area contributed by atoms with Crippen LogP contribution in [-0.4, -0.2) is 49.2 Å². The van der Waals surface area contributed by atoms with Gasteiger partial charge in [0.2, 0.25) is 0 Å². The molecule has 4 heteroatoms. The monoisotopic (exact) mass is 205 g/mol. The molecule has 3 N–H and O–H groups in total. The first-order valence-electron chi connectivity index (χ1n) is 5.24. The molecule has 0 spiro atoms. The highest BCUT2D eigenvalue weighted by atomic mass is 16.5. The summed E-state index contributed by atoms with van der Waals surface area (Å²) in [5.74, 6) is 0.680. The van der Waals surface area contributed by atoms with Crippen LogP contribution < -0.4 is 5.32 Å². The Balaban J connectivity index is 2.99. The van der Waals surface area contributed by atoms with E-state index in [1.807, 2.05) is 0 Å². The molecule has 0 heterocycles. The summed E-state index contributed by atoms with van der Waals surface area (Å²) in [5.41, 5.74) is 0. The van der Waals surface area contributed by atoms with Gasteiger partial charge in [-0.3, -0.25) is 0 Å². The Morgan fingerprint density at radius 3 is 2.57 bits per heavy atom. The van der Waals surface area contributed by atoms with Gasteiger partial charge in [0.1, 0.15) is 0 Å². The van der Waals surface area contributed by atoms with Crippen molar-refractivity contribution in [2.75, 3.05) is 32.9 Å². The highest BCUT2D eigenvalue weighted by Gasteiger charge is 1.99. The lowest BCUT2D eigenvalue weighted by atomic mass is 10.1. The fourth-order valence-corrected chi connectivity index (χ4v) is 0.899. The second kappa shape index (κ2) is 9.40. The minimum Gasteiger partial charge on any atom is -0.394 e. The molecule has 0 aromatic heterocycles. The third-order valence-corrected chi connectivity index (χ3v) is 1.85. The van der Waals surface area contributed by atoms with E-state index in [9.17, 15) is 0 Å². The van der Waals surface area contributed by atoms with Crippen molar-refractivity contribution in [3.8, 4) is 0 Å². The Hall–Kier alpha value is -0.160. The van der Waals surface area contributed by atoms with Gasteiger partial charge < -0.3 is 20.3 Å². The van der Waals surface area contributed by atoms with E-state index in [0.29, 0.717) is 19.1 Å². The largest absolute Gasteiger partial charge is 0.394 e. The highest BCUT2D eigenvalue weighted by Crippen LogP contribution is 1.98. The molecular formula is C10H23NO3. The number of hydrogen-bond donors (Lipinski definition) is 3. The van der Waals surface area contributed by atoms with E-state index in [-0.39, 0.29) is 6.61 Å². The SMILES string of the molecule is CC(C)CCOCCNC[C@H](O)CO. The number of rotatable bonds is 9. The highest BCUT2D eigenvalue weighted by molar-refractivity contribution is 4.56. The summed E-state index contributed by atoms with van der Waals surface area (Å²) < 4.78 is 5.35. The lowest BCUT2D eigenvalue weighted by molar-refractivity contribution is 0.0877. The summed E-state index contributed by atoms with van der Waals surface area (Å²) in [6.45, 7) is 6.73. The molecule has 0 saturated heterocycles. The van der Waals surface area contributed by atoms with Gasteiger partial charge in [0.15, 0.2) is 0 Å². The molecule has 0 aliphatic heterocycles. The van der Waals surface area contributed by atoms with Crippen LogP contribution in [0.25, 0.3) is 0 Å². The van der Waals surface area contributed by atoms with E-state index < -0.39 is 6.10 Å². The van der Waals surface area contributed by atoms with E-state index in [1.165, 1.54) is 0 Å². The van der Waals surface area contributed by atoms with Crippen LogP contribution in [-0.2, 0) is 4.74 Å². The van der Waals surface area contributed by atoms with E-state index in [0.717, 1.165) is 19.6 Å². The van der Waals surface area contributed by atoms with Crippen LogP contribution in [0.2, 0.25) is 0 Å². The fourth-order valence-electron chi connectivity index (χ4n) is 0.899. The van der Waals surface area contributed by atoms with Gasteiger partial charge in [-0.2, -0.15) is 0 Å². The normalized spacial score (nSPS) is 13.5. The summed E-state index contributed by atoms with van der Waals surface area (Å²) in [4.78, 5) is 0. The number of ether oxygens (including phenoxy) is 1. The van der Waals surface area contributed by atoms with Crippen LogP contribution in [0.4, 0.5) is 0 Å². The number of aliphatic hydroxyl groups is 2. The van der Waals surface area contributed by atoms with Crippen molar-refractivity contribution in [1.29, 1.82) is 0 Å². The molecule has 86 valence electrons. The van der Waals surface area contributed by atoms with Crippen molar-refractivity contribution in [3.63, 3.8) is 0 Å². The molecule has 0 aromatic carbocycles. The van der Waals surface area contributed by atoms with Gasteiger partial charge in [-0.15, -0.1) is 0 Å². The summed E-state index contributed by atoms with van der Waals surface area (Å²) in [7, 11) is 0. The number of hydrogen-bond acceptors (Lipinski definition) is 4. The number of nitrogens with one attached hydrogen (secondary N) is 1. The third kappa shape index (κ3) is 9.92. The smallest absolute Gasteiger partial charge is 0.0894 e. The van der Waals surface area contributed by atoms with Crippen LogP contribution in [0.15, 0.2) is 0 Å². The maximum atomic E-state index is 8.98. The molecule has 0 saturated carbocycles. The van der Waals surface area contributed by atoms with Crippen LogP contribution in [0, 0.1) is 5.92 Å². The second-order valence-electron chi connectivity index (χ2n) is 3.84. The average Bonchev–Trinajstić information content (AvgIpc) is 2.15. The Morgan fingerprint density at radius 2 is 2.00 bits per heavy atom. The third-order valence-electron chi connectivity index (χ3n) is 1.85. The standard InChI is InChI=1S/C10H23NO3/c1-9(2)3-5-14-6-4-11-7-10(13)8-12/h9-13H,3-8H2,1-2H3/t10-/m0/s1. The predicted octanol–water partition coefficient (Wildman–Crippen LogP) is -0.00810. The zero-order chi connectivity index (χ0) is 10.8. The maximum absolute atomic E-state index is 8.98. The molecule has 0 amide bonds. The van der Waals surface area contributed by atoms with Crippen molar-refractivity contribution in [2.45, 2.75) is 26.4 Å². The molecular weight excluding hydrogens is 182 g/mol. The molecule has 0 bridgehead atoms. The van der Waals surface area contributed by atoms with Crippen molar-refractivity contribution >= 4 is 0 Å². The Kier molecular flexibility index (Phi) is 9.29. The van der Waals surface area contributed by atoms with E-state index in [1.54, 1.807) is 0 Å². The van der Waals surface area contributed by atoms with Gasteiger partial charge in [0, 0.05) is 19.7 Å². The minimum atomic E-state index is -0.661. The van der Waals surface area contributed by atoms with E-state index >= 15 is 0 Å². The molecule has 4 nitrogen and oxygen atoms in total. The quantitative estimate of drug-likeness (QED) is 0.463. The van der Waals surface area contributed by atoms with Crippen LogP contribution in [0.5, 0.6) is 0 Å². The first kappa shape index (κ1) is 13.8. The number of aliphatic hydroxyl groups excluding tert-OH is 2. The summed E-state index contributed by atoms with van der Waals surface area (Å²) in [6, 6.07) is 0. The van der Waals surface area contributed by atoms with Crippen molar-refractivity contribution in [2.24, 2.45) is 5.92 Å². The molecule has 0 fully saturated rings. The van der Waals surface area contributed by atoms with E-state index in [2.05, 4.69) is 19.2 Å². The van der Waals surface area contributed by atoms with Crippen molar-refractivity contribution in [3.05, 3.63) is 0 Å². The van der Waals surface area contributed by atoms with Gasteiger partial charge in [0.05, 0.1) is 19.3 Å². The first-order valence-corrected chi connectivity index (χ1v) is 5.24. The summed E-state index contributed by atoms with van der Waals surface area (Å²) >= 11 is 0. The molecule has 0 aromatic rings. The van der Waals surface area contributed by atoms with Gasteiger partial charge in [-0.1, -0.05) is 13.8 Å². The fraction of sp³-hybridized carbons (Fsp3) is 1.00. The van der Waals surface area contributed by atoms with Crippen molar-refractivity contribution in [1.82, 2.24) is 5.32 Å². The Bertz CT molecular complexity index is 120. The summed E-state index contributed by atoms with van der Waals surface area (Å²) in [6.07, 6.45) is 0.421. The molecule has 14 heavy (non-hydrogen) atoms. The zero-order valence-corrected chi connectivity index (χ0v) is 9.20. The molecule has 0 aliphatic rings. The van der Waals surface area contributed by atoms with Gasteiger partial charge in [-0.05, 0) is 12.3 Å². The van der Waals surface area contributed by atoms with Gasteiger partial charge in [-0.25, -0.2) is 0 Å². The van der Waals surface area contributed by atoms with Gasteiger partial charge in [0.25, 0.3) is 0 Å². The Labute approximate surface area is 86.3 Å². The maximum Gasteiger partial charge on any atom is 0.0894 e. The predicted molar refractivity (Wildman–Crippen MR) is 56.2 cm³/mol. The van der Waals surface area contributed by atoms with Crippen molar-refractivity contribution < 1.29 is 14.9 Å². The van der Waals surface area contributed by atoms with Crippen LogP contribution in [0.1, 0.15) is 20.3 Å². The molecule has 1 atom stereocenters. The molecule has 0 rings (SSSR count). The molecule has 0 aliphatic carbocycles. The topological polar surface area (TPSA) is 61.7 Å². The van der Waals surface area contributed by atoms with Gasteiger partial charge >= 0.3 is 0 Å². The molecule has 0 radical (unpaired) electrons. The lowest BCUT2D eigenvalue weighted by Crippen LogP contribution is -2.31.